The Labute approximate surface area is 90.6 Å². The van der Waals surface area contributed by atoms with E-state index in [1.54, 1.807) is 12.1 Å². The second-order valence-corrected chi connectivity index (χ2v) is 2.75. The van der Waals surface area contributed by atoms with Crippen LogP contribution in [0.1, 0.15) is 0 Å². The van der Waals surface area contributed by atoms with E-state index in [0.717, 1.165) is 5.69 Å². The Morgan fingerprint density at radius 3 is 2.75 bits per heavy atom. The number of carbonyl (C=O) groups excluding carboxylic acids is 1. The molecule has 0 aliphatic heterocycles. The number of carbonyl (C=O) groups is 1. The maximum atomic E-state index is 10.8. The monoisotopic (exact) mass is 220 g/mol. The Bertz CT molecular complexity index is 483. The first-order valence-electron chi connectivity index (χ1n) is 4.41. The number of aromatic nitrogens is 4. The van der Waals surface area contributed by atoms with Crippen molar-refractivity contribution in [2.45, 2.75) is 0 Å². The summed E-state index contributed by atoms with van der Waals surface area (Å²) in [4.78, 5) is 12.0. The quantitative estimate of drug-likeness (QED) is 0.696. The highest BCUT2D eigenvalue weighted by molar-refractivity contribution is 5.62. The van der Waals surface area contributed by atoms with Gasteiger partial charge in [0.2, 0.25) is 0 Å². The molecule has 82 valence electrons. The highest BCUT2D eigenvalue weighted by Gasteiger charge is 2.10. The smallest absolute Gasteiger partial charge is 0.437 e. The third-order valence-electron chi connectivity index (χ3n) is 1.72. The Morgan fingerprint density at radius 1 is 1.31 bits per heavy atom. The number of methoxy groups -OCH3 is 1. The number of rotatable bonds is 2. The van der Waals surface area contributed by atoms with Crippen LogP contribution in [0.2, 0.25) is 0 Å². The predicted molar refractivity (Wildman–Crippen MR) is 52.2 cm³/mol. The summed E-state index contributed by atoms with van der Waals surface area (Å²) in [6, 6.07) is 8.97. The third kappa shape index (κ3) is 2.14. The minimum absolute atomic E-state index is 0.157. The molecule has 0 fully saturated rings. The van der Waals surface area contributed by atoms with Crippen LogP contribution in [0.25, 0.3) is 5.69 Å². The molecule has 0 amide bonds. The second-order valence-electron chi connectivity index (χ2n) is 2.75. The summed E-state index contributed by atoms with van der Waals surface area (Å²) in [6.45, 7) is 0. The van der Waals surface area contributed by atoms with Gasteiger partial charge in [-0.1, -0.05) is 28.4 Å². The number of ether oxygens (including phenoxy) is 2. The number of para-hydroxylation sites is 1. The van der Waals surface area contributed by atoms with Gasteiger partial charge in [0.15, 0.2) is 0 Å². The van der Waals surface area contributed by atoms with E-state index in [9.17, 15) is 4.79 Å². The Hall–Kier alpha value is -2.44. The van der Waals surface area contributed by atoms with Gasteiger partial charge in [0.25, 0.3) is 0 Å². The van der Waals surface area contributed by atoms with Crippen LogP contribution in [-0.4, -0.2) is 33.5 Å². The van der Waals surface area contributed by atoms with Crippen LogP contribution in [0.4, 0.5) is 4.79 Å². The lowest BCUT2D eigenvalue weighted by Gasteiger charge is -1.96. The van der Waals surface area contributed by atoms with E-state index in [1.165, 1.54) is 11.9 Å². The number of hydrogen-bond donors (Lipinski definition) is 0. The van der Waals surface area contributed by atoms with E-state index in [1.807, 2.05) is 18.2 Å². The van der Waals surface area contributed by atoms with Crippen LogP contribution in [0, 0.1) is 0 Å². The highest BCUT2D eigenvalue weighted by atomic mass is 16.7. The molecule has 0 aliphatic carbocycles. The zero-order valence-corrected chi connectivity index (χ0v) is 8.40. The van der Waals surface area contributed by atoms with Gasteiger partial charge in [-0.15, -0.1) is 4.80 Å². The zero-order valence-electron chi connectivity index (χ0n) is 8.40. The average Bonchev–Trinajstić information content (AvgIpc) is 2.78. The van der Waals surface area contributed by atoms with Crippen LogP contribution in [-0.2, 0) is 4.74 Å². The van der Waals surface area contributed by atoms with E-state index >= 15 is 0 Å². The van der Waals surface area contributed by atoms with Gasteiger partial charge in [-0.2, -0.15) is 0 Å². The minimum atomic E-state index is -0.882. The molecule has 2 aromatic rings. The molecule has 2 rings (SSSR count). The number of benzene rings is 1. The third-order valence-corrected chi connectivity index (χ3v) is 1.72. The molecule has 0 saturated carbocycles. The van der Waals surface area contributed by atoms with Gasteiger partial charge in [0, 0.05) is 0 Å². The van der Waals surface area contributed by atoms with Crippen molar-refractivity contribution >= 4 is 6.16 Å². The molecule has 0 N–H and O–H groups in total. The highest BCUT2D eigenvalue weighted by Crippen LogP contribution is 2.06. The number of tetrazole rings is 1. The molecule has 0 bridgehead atoms. The first kappa shape index (κ1) is 10.1. The van der Waals surface area contributed by atoms with Gasteiger partial charge in [-0.3, -0.25) is 0 Å². The average molecular weight is 220 g/mol. The van der Waals surface area contributed by atoms with Crippen LogP contribution in [0.3, 0.4) is 0 Å². The summed E-state index contributed by atoms with van der Waals surface area (Å²) >= 11 is 0. The molecule has 7 nitrogen and oxygen atoms in total. The maximum absolute atomic E-state index is 10.8. The van der Waals surface area contributed by atoms with E-state index in [2.05, 4.69) is 24.9 Å². The fourth-order valence-corrected chi connectivity index (χ4v) is 1.03. The first-order chi connectivity index (χ1) is 7.79. The summed E-state index contributed by atoms with van der Waals surface area (Å²) in [5, 5.41) is 11.1. The molecule has 0 unspecified atom stereocenters. The fourth-order valence-electron chi connectivity index (χ4n) is 1.03. The SMILES string of the molecule is COC(=O)Oc1nnn(-c2ccccc2)n1. The molecule has 1 aromatic carbocycles. The van der Waals surface area contributed by atoms with Crippen molar-refractivity contribution in [3.05, 3.63) is 30.3 Å². The number of hydrogen-bond acceptors (Lipinski definition) is 6. The first-order valence-corrected chi connectivity index (χ1v) is 4.41. The Kier molecular flexibility index (Phi) is 2.77. The van der Waals surface area contributed by atoms with Crippen molar-refractivity contribution < 1.29 is 14.3 Å². The summed E-state index contributed by atoms with van der Waals surface area (Å²) in [5.74, 6) is 0. The Morgan fingerprint density at radius 2 is 2.06 bits per heavy atom. The van der Waals surface area contributed by atoms with Crippen molar-refractivity contribution in [3.8, 4) is 11.7 Å². The van der Waals surface area contributed by atoms with Crippen molar-refractivity contribution in [2.24, 2.45) is 0 Å². The van der Waals surface area contributed by atoms with Crippen molar-refractivity contribution in [1.82, 2.24) is 20.2 Å². The summed E-state index contributed by atoms with van der Waals surface area (Å²) in [6.07, 6.45) is -0.882. The van der Waals surface area contributed by atoms with E-state index in [0.29, 0.717) is 0 Å². The lowest BCUT2D eigenvalue weighted by Crippen LogP contribution is -2.08. The van der Waals surface area contributed by atoms with Crippen LogP contribution in [0.5, 0.6) is 6.01 Å². The molecule has 1 aromatic heterocycles. The molecule has 0 saturated heterocycles. The van der Waals surface area contributed by atoms with Gasteiger partial charge in [0.05, 0.1) is 12.8 Å². The van der Waals surface area contributed by atoms with Crippen molar-refractivity contribution in [2.75, 3.05) is 7.11 Å². The lowest BCUT2D eigenvalue weighted by molar-refractivity contribution is 0.117. The van der Waals surface area contributed by atoms with Gasteiger partial charge < -0.3 is 9.47 Å². The van der Waals surface area contributed by atoms with Gasteiger partial charge in [-0.25, -0.2) is 4.79 Å². The van der Waals surface area contributed by atoms with E-state index in [-0.39, 0.29) is 6.01 Å². The molecule has 0 spiro atoms. The summed E-state index contributed by atoms with van der Waals surface area (Å²) in [5.41, 5.74) is 0.717. The lowest BCUT2D eigenvalue weighted by atomic mass is 10.3. The molecule has 7 heteroatoms. The van der Waals surface area contributed by atoms with Gasteiger partial charge in [0.1, 0.15) is 0 Å². The van der Waals surface area contributed by atoms with Crippen molar-refractivity contribution in [1.29, 1.82) is 0 Å². The normalized spacial score (nSPS) is 9.81. The fraction of sp³-hybridized carbons (Fsp3) is 0.111. The molecular formula is C9H8N4O3. The molecular weight excluding hydrogens is 212 g/mol. The summed E-state index contributed by atoms with van der Waals surface area (Å²) < 4.78 is 8.89. The molecule has 0 aliphatic rings. The molecule has 0 radical (unpaired) electrons. The van der Waals surface area contributed by atoms with Gasteiger partial charge in [-0.05, 0) is 17.3 Å². The van der Waals surface area contributed by atoms with E-state index in [4.69, 9.17) is 0 Å². The summed E-state index contributed by atoms with van der Waals surface area (Å²) in [7, 11) is 1.20. The van der Waals surface area contributed by atoms with Gasteiger partial charge >= 0.3 is 12.2 Å². The number of nitrogens with zero attached hydrogens (tertiary/aromatic N) is 4. The van der Waals surface area contributed by atoms with Crippen LogP contribution < -0.4 is 4.74 Å². The molecule has 16 heavy (non-hydrogen) atoms. The maximum Gasteiger partial charge on any atom is 0.516 e. The van der Waals surface area contributed by atoms with E-state index < -0.39 is 6.16 Å². The molecule has 0 atom stereocenters. The topological polar surface area (TPSA) is 79.1 Å². The Balaban J connectivity index is 2.17. The largest absolute Gasteiger partial charge is 0.516 e. The van der Waals surface area contributed by atoms with Crippen molar-refractivity contribution in [3.63, 3.8) is 0 Å². The van der Waals surface area contributed by atoms with Crippen LogP contribution in [0.15, 0.2) is 30.3 Å². The van der Waals surface area contributed by atoms with Crippen LogP contribution >= 0.6 is 0 Å². The standard InChI is InChI=1S/C9H8N4O3/c1-15-9(14)16-8-10-12-13(11-8)7-5-3-2-4-6-7/h2-6H,1H3. The second kappa shape index (κ2) is 4.39. The molecule has 1 heterocycles. The minimum Gasteiger partial charge on any atom is -0.437 e. The predicted octanol–water partition coefficient (Wildman–Crippen LogP) is 0.807. The zero-order chi connectivity index (χ0) is 11.4.